The molecule has 2 rings (SSSR count). The lowest BCUT2D eigenvalue weighted by Crippen LogP contribution is -2.29. The zero-order chi connectivity index (χ0) is 13.1. The number of rotatable bonds is 5. The van der Waals surface area contributed by atoms with E-state index < -0.39 is 0 Å². The van der Waals surface area contributed by atoms with Crippen LogP contribution in [0.2, 0.25) is 0 Å². The SMILES string of the molecule is CN(Cc1ccco1)C(CN)c1cc(Br)c(Br)o1. The first kappa shape index (κ1) is 13.9. The fourth-order valence-corrected chi connectivity index (χ4v) is 2.41. The van der Waals surface area contributed by atoms with E-state index in [2.05, 4.69) is 36.8 Å². The molecule has 4 nitrogen and oxygen atoms in total. The van der Waals surface area contributed by atoms with Gasteiger partial charge in [-0.1, -0.05) is 0 Å². The van der Waals surface area contributed by atoms with E-state index >= 15 is 0 Å². The predicted octanol–water partition coefficient (Wildman–Crippen LogP) is 3.53. The van der Waals surface area contributed by atoms with Crippen molar-refractivity contribution in [3.8, 4) is 0 Å². The smallest absolute Gasteiger partial charge is 0.183 e. The minimum Gasteiger partial charge on any atom is -0.468 e. The van der Waals surface area contributed by atoms with Crippen LogP contribution in [0.25, 0.3) is 0 Å². The highest BCUT2D eigenvalue weighted by Gasteiger charge is 2.21. The van der Waals surface area contributed by atoms with E-state index in [1.165, 1.54) is 0 Å². The van der Waals surface area contributed by atoms with Crippen molar-refractivity contribution in [2.24, 2.45) is 5.73 Å². The molecule has 0 aliphatic heterocycles. The average molecular weight is 378 g/mol. The van der Waals surface area contributed by atoms with E-state index in [0.717, 1.165) is 16.0 Å². The van der Waals surface area contributed by atoms with Crippen molar-refractivity contribution in [2.45, 2.75) is 12.6 Å². The van der Waals surface area contributed by atoms with Crippen LogP contribution >= 0.6 is 31.9 Å². The molecule has 0 saturated carbocycles. The van der Waals surface area contributed by atoms with Crippen LogP contribution in [0, 0.1) is 0 Å². The highest BCUT2D eigenvalue weighted by atomic mass is 79.9. The van der Waals surface area contributed by atoms with Gasteiger partial charge >= 0.3 is 0 Å². The van der Waals surface area contributed by atoms with Crippen molar-refractivity contribution in [3.63, 3.8) is 0 Å². The van der Waals surface area contributed by atoms with Gasteiger partial charge in [-0.3, -0.25) is 4.90 Å². The minimum absolute atomic E-state index is 0.0118. The quantitative estimate of drug-likeness (QED) is 0.865. The van der Waals surface area contributed by atoms with Crippen LogP contribution in [-0.2, 0) is 6.54 Å². The molecule has 0 aliphatic carbocycles. The van der Waals surface area contributed by atoms with Crippen molar-refractivity contribution in [1.82, 2.24) is 4.90 Å². The van der Waals surface area contributed by atoms with Crippen molar-refractivity contribution >= 4 is 31.9 Å². The minimum atomic E-state index is 0.0118. The van der Waals surface area contributed by atoms with Gasteiger partial charge in [-0.25, -0.2) is 0 Å². The van der Waals surface area contributed by atoms with Gasteiger partial charge in [0.2, 0.25) is 0 Å². The molecule has 6 heteroatoms. The number of nitrogens with zero attached hydrogens (tertiary/aromatic N) is 1. The lowest BCUT2D eigenvalue weighted by molar-refractivity contribution is 0.197. The largest absolute Gasteiger partial charge is 0.468 e. The highest BCUT2D eigenvalue weighted by Crippen LogP contribution is 2.31. The number of furan rings is 2. The molecular formula is C12H14Br2N2O2. The van der Waals surface area contributed by atoms with Gasteiger partial charge in [0, 0.05) is 6.54 Å². The summed E-state index contributed by atoms with van der Waals surface area (Å²) >= 11 is 6.74. The Kier molecular flexibility index (Phi) is 4.66. The summed E-state index contributed by atoms with van der Waals surface area (Å²) in [5.74, 6) is 1.73. The highest BCUT2D eigenvalue weighted by molar-refractivity contribution is 9.13. The van der Waals surface area contributed by atoms with E-state index in [9.17, 15) is 0 Å². The molecule has 98 valence electrons. The van der Waals surface area contributed by atoms with Gasteiger partial charge in [0.1, 0.15) is 11.5 Å². The van der Waals surface area contributed by atoms with Gasteiger partial charge in [-0.05, 0) is 57.1 Å². The van der Waals surface area contributed by atoms with E-state index in [1.54, 1.807) is 6.26 Å². The van der Waals surface area contributed by atoms with Gasteiger partial charge in [0.05, 0.1) is 23.3 Å². The summed E-state index contributed by atoms with van der Waals surface area (Å²) in [4.78, 5) is 2.09. The topological polar surface area (TPSA) is 55.5 Å². The maximum absolute atomic E-state index is 5.83. The maximum Gasteiger partial charge on any atom is 0.183 e. The predicted molar refractivity (Wildman–Crippen MR) is 76.1 cm³/mol. The molecule has 0 spiro atoms. The van der Waals surface area contributed by atoms with Crippen molar-refractivity contribution in [1.29, 1.82) is 0 Å². The number of halogens is 2. The lowest BCUT2D eigenvalue weighted by Gasteiger charge is -2.24. The second-order valence-corrected chi connectivity index (χ2v) is 5.59. The van der Waals surface area contributed by atoms with Gasteiger partial charge in [-0.2, -0.15) is 0 Å². The first-order valence-electron chi connectivity index (χ1n) is 5.49. The molecule has 0 radical (unpaired) electrons. The second-order valence-electron chi connectivity index (χ2n) is 4.02. The Morgan fingerprint density at radius 3 is 2.72 bits per heavy atom. The fourth-order valence-electron chi connectivity index (χ4n) is 1.80. The van der Waals surface area contributed by atoms with Gasteiger partial charge in [-0.15, -0.1) is 0 Å². The Morgan fingerprint density at radius 2 is 2.22 bits per heavy atom. The summed E-state index contributed by atoms with van der Waals surface area (Å²) in [5, 5.41) is 0. The number of hydrogen-bond acceptors (Lipinski definition) is 4. The van der Waals surface area contributed by atoms with Crippen LogP contribution in [0.1, 0.15) is 17.6 Å². The summed E-state index contributed by atoms with van der Waals surface area (Å²) in [6.45, 7) is 1.16. The molecule has 1 unspecified atom stereocenters. The molecule has 18 heavy (non-hydrogen) atoms. The molecule has 0 amide bonds. The molecule has 2 aromatic rings. The molecule has 2 heterocycles. The van der Waals surface area contributed by atoms with E-state index in [0.29, 0.717) is 17.8 Å². The normalized spacial score (nSPS) is 13.2. The van der Waals surface area contributed by atoms with Crippen LogP contribution in [0.5, 0.6) is 0 Å². The standard InChI is InChI=1S/C12H14Br2N2O2/c1-16(7-8-3-2-4-17-8)10(6-15)11-5-9(13)12(14)18-11/h2-5,10H,6-7,15H2,1H3. The summed E-state index contributed by atoms with van der Waals surface area (Å²) in [7, 11) is 1.99. The zero-order valence-electron chi connectivity index (χ0n) is 9.90. The first-order chi connectivity index (χ1) is 8.61. The molecule has 1 atom stereocenters. The van der Waals surface area contributed by atoms with Crippen LogP contribution in [0.3, 0.4) is 0 Å². The molecular weight excluding hydrogens is 364 g/mol. The van der Waals surface area contributed by atoms with Crippen molar-refractivity contribution in [3.05, 3.63) is 45.1 Å². The van der Waals surface area contributed by atoms with Gasteiger partial charge in [0.15, 0.2) is 4.67 Å². The maximum atomic E-state index is 5.83. The summed E-state index contributed by atoms with van der Waals surface area (Å²) in [5.41, 5.74) is 5.83. The Balaban J connectivity index is 2.12. The third-order valence-corrected chi connectivity index (χ3v) is 4.44. The second kappa shape index (κ2) is 6.06. The first-order valence-corrected chi connectivity index (χ1v) is 7.08. The number of nitrogens with two attached hydrogens (primary N) is 1. The molecule has 0 bridgehead atoms. The van der Waals surface area contributed by atoms with E-state index in [1.807, 2.05) is 25.2 Å². The molecule has 2 aromatic heterocycles. The molecule has 2 N–H and O–H groups in total. The third kappa shape index (κ3) is 3.06. The molecule has 0 saturated heterocycles. The number of likely N-dealkylation sites (N-methyl/N-ethyl adjacent to an activating group) is 1. The fraction of sp³-hybridized carbons (Fsp3) is 0.333. The Morgan fingerprint density at radius 1 is 1.44 bits per heavy atom. The third-order valence-electron chi connectivity index (χ3n) is 2.73. The monoisotopic (exact) mass is 376 g/mol. The van der Waals surface area contributed by atoms with Gasteiger partial charge < -0.3 is 14.6 Å². The Hall–Kier alpha value is -0.560. The summed E-state index contributed by atoms with van der Waals surface area (Å²) in [6, 6.07) is 5.76. The van der Waals surface area contributed by atoms with Crippen molar-refractivity contribution < 1.29 is 8.83 Å². The zero-order valence-corrected chi connectivity index (χ0v) is 13.1. The lowest BCUT2D eigenvalue weighted by atomic mass is 10.2. The van der Waals surface area contributed by atoms with Crippen LogP contribution in [0.4, 0.5) is 0 Å². The summed E-state index contributed by atoms with van der Waals surface area (Å²) in [6.07, 6.45) is 1.67. The summed E-state index contributed by atoms with van der Waals surface area (Å²) < 4.78 is 12.5. The Labute approximate surface area is 122 Å². The van der Waals surface area contributed by atoms with Crippen molar-refractivity contribution in [2.75, 3.05) is 13.6 Å². The van der Waals surface area contributed by atoms with E-state index in [4.69, 9.17) is 14.6 Å². The van der Waals surface area contributed by atoms with Crippen LogP contribution in [0.15, 0.2) is 42.4 Å². The molecule has 0 aromatic carbocycles. The Bertz CT molecular complexity index is 477. The van der Waals surface area contributed by atoms with E-state index in [-0.39, 0.29) is 6.04 Å². The average Bonchev–Trinajstić information content (AvgIpc) is 2.92. The molecule has 0 fully saturated rings. The molecule has 0 aliphatic rings. The van der Waals surface area contributed by atoms with Crippen LogP contribution in [-0.4, -0.2) is 18.5 Å². The van der Waals surface area contributed by atoms with Crippen LogP contribution < -0.4 is 5.73 Å². The number of hydrogen-bond donors (Lipinski definition) is 1. The van der Waals surface area contributed by atoms with Gasteiger partial charge in [0.25, 0.3) is 0 Å².